The summed E-state index contributed by atoms with van der Waals surface area (Å²) in [5, 5.41) is 16.4. The number of rotatable bonds is 5. The van der Waals surface area contributed by atoms with Crippen molar-refractivity contribution in [3.63, 3.8) is 0 Å². The van der Waals surface area contributed by atoms with E-state index in [-0.39, 0.29) is 0 Å². The van der Waals surface area contributed by atoms with Crippen LogP contribution in [0.15, 0.2) is 146 Å². The molecule has 10 heteroatoms. The molecule has 0 aliphatic carbocycles. The SMILES string of the molecule is c1ccc2nc(C3=NC(c4cn[nH]n4)=C(c4nc5ccccc5[nH]4)S3(c3cc4ccccc4o3)c3cc4ccccc4s3)ccc2c1. The Kier molecular flexibility index (Phi) is 5.66. The van der Waals surface area contributed by atoms with E-state index in [1.165, 1.54) is 4.70 Å². The van der Waals surface area contributed by atoms with E-state index in [1.54, 1.807) is 17.5 Å². The van der Waals surface area contributed by atoms with Gasteiger partial charge in [0.2, 0.25) is 0 Å². The Bertz CT molecular complexity index is 2540. The van der Waals surface area contributed by atoms with Crippen molar-refractivity contribution in [2.24, 2.45) is 4.99 Å². The first-order valence-electron chi connectivity index (χ1n) is 15.1. The first-order chi connectivity index (χ1) is 23.3. The van der Waals surface area contributed by atoms with Crippen LogP contribution in [0.4, 0.5) is 0 Å². The fourth-order valence-electron chi connectivity index (χ4n) is 6.38. The van der Waals surface area contributed by atoms with Crippen LogP contribution in [0, 0.1) is 0 Å². The number of aromatic amines is 2. The molecular weight excluding hydrogens is 623 g/mol. The maximum Gasteiger partial charge on any atom is 0.158 e. The van der Waals surface area contributed by atoms with Crippen molar-refractivity contribution in [1.82, 2.24) is 30.4 Å². The number of para-hydroxylation sites is 4. The van der Waals surface area contributed by atoms with Crippen LogP contribution in [-0.4, -0.2) is 35.4 Å². The quantitative estimate of drug-likeness (QED) is 0.194. The van der Waals surface area contributed by atoms with Crippen LogP contribution in [0.5, 0.6) is 0 Å². The molecule has 4 aromatic carbocycles. The highest BCUT2D eigenvalue weighted by Crippen LogP contribution is 2.78. The largest absolute Gasteiger partial charge is 0.450 e. The molecule has 2 N–H and O–H groups in total. The Balaban J connectivity index is 1.39. The van der Waals surface area contributed by atoms with Crippen molar-refractivity contribution in [2.45, 2.75) is 9.30 Å². The summed E-state index contributed by atoms with van der Waals surface area (Å²) in [6.07, 6.45) is 1.71. The van der Waals surface area contributed by atoms with Crippen LogP contribution >= 0.6 is 21.4 Å². The fraction of sp³-hybridized carbons (Fsp3) is 0. The molecule has 1 unspecified atom stereocenters. The van der Waals surface area contributed by atoms with Gasteiger partial charge in [-0.05, 0) is 53.9 Å². The summed E-state index contributed by atoms with van der Waals surface area (Å²) in [5.41, 5.74) is 5.55. The number of aliphatic imine (C=N–C) groups is 1. The van der Waals surface area contributed by atoms with Crippen molar-refractivity contribution >= 4 is 80.0 Å². The first-order valence-corrected chi connectivity index (χ1v) is 17.5. The van der Waals surface area contributed by atoms with E-state index >= 15 is 0 Å². The van der Waals surface area contributed by atoms with E-state index in [9.17, 15) is 0 Å². The second kappa shape index (κ2) is 10.1. The highest BCUT2D eigenvalue weighted by atomic mass is 32.3. The Labute approximate surface area is 272 Å². The van der Waals surface area contributed by atoms with Crippen molar-refractivity contribution in [3.8, 4) is 0 Å². The number of nitrogens with one attached hydrogen (secondary N) is 2. The highest BCUT2D eigenvalue weighted by Gasteiger charge is 2.51. The number of pyridine rings is 1. The highest BCUT2D eigenvalue weighted by molar-refractivity contribution is 8.53. The summed E-state index contributed by atoms with van der Waals surface area (Å²) in [5.74, 6) is 0.705. The fourth-order valence-corrected chi connectivity index (χ4v) is 12.2. The summed E-state index contributed by atoms with van der Waals surface area (Å²) in [7, 11) is -2.48. The molecule has 0 saturated heterocycles. The Morgan fingerprint density at radius 1 is 0.681 bits per heavy atom. The average molecular weight is 646 g/mol. The summed E-state index contributed by atoms with van der Waals surface area (Å²) in [6, 6.07) is 41.5. The molecule has 0 spiro atoms. The maximum atomic E-state index is 6.95. The Morgan fingerprint density at radius 3 is 2.30 bits per heavy atom. The Hall–Kier alpha value is -5.84. The molecule has 47 heavy (non-hydrogen) atoms. The third kappa shape index (κ3) is 3.92. The second-order valence-electron chi connectivity index (χ2n) is 11.3. The van der Waals surface area contributed by atoms with Crippen LogP contribution in [0.2, 0.25) is 0 Å². The monoisotopic (exact) mass is 645 g/mol. The number of hydrogen-bond acceptors (Lipinski definition) is 7. The average Bonchev–Trinajstić information content (AvgIpc) is 3.95. The molecule has 0 fully saturated rings. The van der Waals surface area contributed by atoms with Gasteiger partial charge in [-0.15, -0.1) is 11.3 Å². The van der Waals surface area contributed by atoms with E-state index < -0.39 is 10.0 Å². The third-order valence-electron chi connectivity index (χ3n) is 8.51. The summed E-state index contributed by atoms with van der Waals surface area (Å²) < 4.78 is 9.24. The normalized spacial score (nSPS) is 18.0. The number of H-pyrrole nitrogens is 2. The number of hydrogen-bond donors (Lipinski definition) is 2. The molecule has 8 nitrogen and oxygen atoms in total. The molecular formula is C37H23N7OS2. The van der Waals surface area contributed by atoms with Gasteiger partial charge in [0, 0.05) is 15.5 Å². The Morgan fingerprint density at radius 2 is 1.47 bits per heavy atom. The van der Waals surface area contributed by atoms with E-state index in [0.717, 1.165) is 63.2 Å². The number of nitrogens with zero attached hydrogens (tertiary/aromatic N) is 5. The zero-order valence-corrected chi connectivity index (χ0v) is 26.2. The predicted octanol–water partition coefficient (Wildman–Crippen LogP) is 9.40. The first kappa shape index (κ1) is 26.4. The predicted molar refractivity (Wildman–Crippen MR) is 190 cm³/mol. The number of furan rings is 1. The summed E-state index contributed by atoms with van der Waals surface area (Å²) in [6.45, 7) is 0. The number of fused-ring (bicyclic) bond motifs is 4. The van der Waals surface area contributed by atoms with Crippen LogP contribution < -0.4 is 0 Å². The number of imidazole rings is 1. The lowest BCUT2D eigenvalue weighted by molar-refractivity contribution is 0.513. The van der Waals surface area contributed by atoms with Gasteiger partial charge in [0.15, 0.2) is 5.09 Å². The van der Waals surface area contributed by atoms with Gasteiger partial charge in [0.05, 0.1) is 37.6 Å². The number of thiophene rings is 1. The molecule has 0 amide bonds. The van der Waals surface area contributed by atoms with E-state index in [4.69, 9.17) is 19.4 Å². The van der Waals surface area contributed by atoms with Gasteiger partial charge < -0.3 is 9.40 Å². The topological polar surface area (TPSA) is 109 Å². The van der Waals surface area contributed by atoms with Crippen LogP contribution in [0.3, 0.4) is 0 Å². The standard InChI is InChI=1S/C37H23N7OS2/c1-4-12-25-22(9-1)17-18-28(39-25)37-42-34(29-21-38-44-43-29)35(36-40-26-13-5-6-14-27(26)41-36)47(37,32-19-23-10-2-7-15-30(23)45-32)33-20-24-11-3-8-16-31(24)46-33/h1-21H,(H,40,41)(H,38,43,44). The smallest absolute Gasteiger partial charge is 0.158 e. The summed E-state index contributed by atoms with van der Waals surface area (Å²) in [4.78, 5) is 20.5. The van der Waals surface area contributed by atoms with Crippen molar-refractivity contribution in [2.75, 3.05) is 0 Å². The van der Waals surface area contributed by atoms with Gasteiger partial charge in [-0.25, -0.2) is 15.0 Å². The van der Waals surface area contributed by atoms with Crippen molar-refractivity contribution < 1.29 is 4.42 Å². The van der Waals surface area contributed by atoms with Crippen molar-refractivity contribution in [3.05, 3.63) is 145 Å². The van der Waals surface area contributed by atoms with E-state index in [2.05, 4.69) is 81.1 Å². The molecule has 6 heterocycles. The second-order valence-corrected chi connectivity index (χ2v) is 15.5. The lowest BCUT2D eigenvalue weighted by Crippen LogP contribution is -2.14. The van der Waals surface area contributed by atoms with Gasteiger partial charge in [-0.3, -0.25) is 0 Å². The molecule has 5 aromatic heterocycles. The number of benzene rings is 4. The molecule has 1 aliphatic heterocycles. The zero-order valence-electron chi connectivity index (χ0n) is 24.6. The van der Waals surface area contributed by atoms with Crippen LogP contribution in [0.1, 0.15) is 17.2 Å². The van der Waals surface area contributed by atoms with E-state index in [0.29, 0.717) is 17.2 Å². The van der Waals surface area contributed by atoms with Gasteiger partial charge in [0.25, 0.3) is 0 Å². The lowest BCUT2D eigenvalue weighted by Gasteiger charge is -2.35. The van der Waals surface area contributed by atoms with Gasteiger partial charge in [-0.1, -0.05) is 82.8 Å². The van der Waals surface area contributed by atoms with Crippen LogP contribution in [0.25, 0.3) is 53.6 Å². The molecule has 224 valence electrons. The molecule has 1 aliphatic rings. The lowest BCUT2D eigenvalue weighted by atomic mass is 10.2. The minimum Gasteiger partial charge on any atom is -0.450 e. The zero-order chi connectivity index (χ0) is 31.0. The van der Waals surface area contributed by atoms with Crippen molar-refractivity contribution in [1.29, 1.82) is 0 Å². The molecule has 10 rings (SSSR count). The molecule has 0 saturated carbocycles. The minimum atomic E-state index is -2.48. The van der Waals surface area contributed by atoms with Gasteiger partial charge in [-0.2, -0.15) is 15.4 Å². The molecule has 0 bridgehead atoms. The van der Waals surface area contributed by atoms with E-state index in [1.807, 2.05) is 60.7 Å². The summed E-state index contributed by atoms with van der Waals surface area (Å²) >= 11 is 1.75. The van der Waals surface area contributed by atoms with Gasteiger partial charge >= 0.3 is 0 Å². The molecule has 1 atom stereocenters. The third-order valence-corrected chi connectivity index (χ3v) is 13.8. The number of aromatic nitrogens is 6. The minimum absolute atomic E-state index is 0.616. The van der Waals surface area contributed by atoms with Gasteiger partial charge in [0.1, 0.15) is 27.8 Å². The molecule has 0 radical (unpaired) electrons. The molecule has 9 aromatic rings. The van der Waals surface area contributed by atoms with Crippen LogP contribution in [-0.2, 0) is 0 Å². The maximum absolute atomic E-state index is 6.95.